The van der Waals surface area contributed by atoms with Crippen LogP contribution < -0.4 is 11.1 Å². The molecule has 0 radical (unpaired) electrons. The molecule has 0 aromatic carbocycles. The number of aromatic amines is 1. The molecule has 2 aliphatic rings. The summed E-state index contributed by atoms with van der Waals surface area (Å²) in [4.78, 5) is 12.6. The van der Waals surface area contributed by atoms with Crippen molar-refractivity contribution >= 4 is 5.91 Å². The number of amides is 1. The zero-order valence-electron chi connectivity index (χ0n) is 13.9. The van der Waals surface area contributed by atoms with Crippen LogP contribution in [0.5, 0.6) is 0 Å². The van der Waals surface area contributed by atoms with Crippen LogP contribution in [0.4, 0.5) is 0 Å². The first kappa shape index (κ1) is 15.4. The number of nitrogens with one attached hydrogen (secondary N) is 2. The first-order valence-electron chi connectivity index (χ1n) is 8.79. The SMILES string of the molecule is Cc1ccc(-c2cc(C(=O)NC3C4CCCC3CC(N)C4)n[nH]2)o1. The highest BCUT2D eigenvalue weighted by Gasteiger charge is 2.40. The Morgan fingerprint density at radius 3 is 2.75 bits per heavy atom. The molecular formula is C18H24N4O2. The van der Waals surface area contributed by atoms with Gasteiger partial charge in [-0.05, 0) is 56.6 Å². The molecule has 1 amide bonds. The van der Waals surface area contributed by atoms with Gasteiger partial charge in [0.15, 0.2) is 11.5 Å². The van der Waals surface area contributed by atoms with E-state index in [0.717, 1.165) is 37.1 Å². The maximum absolute atomic E-state index is 12.6. The van der Waals surface area contributed by atoms with Crippen molar-refractivity contribution in [3.05, 3.63) is 29.7 Å². The number of hydrogen-bond acceptors (Lipinski definition) is 4. The molecule has 6 heteroatoms. The lowest BCUT2D eigenvalue weighted by Gasteiger charge is -2.45. The molecule has 2 fully saturated rings. The van der Waals surface area contributed by atoms with Crippen LogP contribution in [0.3, 0.4) is 0 Å². The third-order valence-electron chi connectivity index (χ3n) is 5.49. The van der Waals surface area contributed by atoms with E-state index in [1.54, 1.807) is 6.07 Å². The molecule has 0 aliphatic heterocycles. The third-order valence-corrected chi connectivity index (χ3v) is 5.49. The van der Waals surface area contributed by atoms with E-state index in [2.05, 4.69) is 15.5 Å². The summed E-state index contributed by atoms with van der Waals surface area (Å²) in [5.41, 5.74) is 7.29. The van der Waals surface area contributed by atoms with Crippen molar-refractivity contribution in [2.75, 3.05) is 0 Å². The lowest BCUT2D eigenvalue weighted by atomic mass is 9.67. The Hall–Kier alpha value is -2.08. The number of aryl methyl sites for hydroxylation is 1. The van der Waals surface area contributed by atoms with Gasteiger partial charge in [-0.2, -0.15) is 5.10 Å². The van der Waals surface area contributed by atoms with Crippen LogP contribution in [-0.4, -0.2) is 28.2 Å². The van der Waals surface area contributed by atoms with Gasteiger partial charge in [-0.15, -0.1) is 0 Å². The maximum atomic E-state index is 12.6. The Morgan fingerprint density at radius 1 is 1.33 bits per heavy atom. The van der Waals surface area contributed by atoms with Gasteiger partial charge in [0.25, 0.3) is 5.91 Å². The van der Waals surface area contributed by atoms with Crippen LogP contribution in [-0.2, 0) is 0 Å². The zero-order valence-corrected chi connectivity index (χ0v) is 13.9. The Balaban J connectivity index is 1.47. The summed E-state index contributed by atoms with van der Waals surface area (Å²) in [7, 11) is 0. The molecule has 24 heavy (non-hydrogen) atoms. The number of hydrogen-bond donors (Lipinski definition) is 3. The molecule has 2 aromatic heterocycles. The minimum atomic E-state index is -0.113. The number of fused-ring (bicyclic) bond motifs is 2. The van der Waals surface area contributed by atoms with Crippen molar-refractivity contribution in [3.63, 3.8) is 0 Å². The molecule has 0 spiro atoms. The quantitative estimate of drug-likeness (QED) is 0.807. The number of furan rings is 1. The van der Waals surface area contributed by atoms with Crippen LogP contribution in [0.15, 0.2) is 22.6 Å². The molecule has 4 rings (SSSR count). The van der Waals surface area contributed by atoms with E-state index in [-0.39, 0.29) is 18.0 Å². The van der Waals surface area contributed by atoms with Gasteiger partial charge in [0.1, 0.15) is 11.5 Å². The smallest absolute Gasteiger partial charge is 0.272 e. The summed E-state index contributed by atoms with van der Waals surface area (Å²) in [5, 5.41) is 10.3. The molecule has 128 valence electrons. The van der Waals surface area contributed by atoms with E-state index in [1.165, 1.54) is 6.42 Å². The van der Waals surface area contributed by atoms with Crippen molar-refractivity contribution < 1.29 is 9.21 Å². The number of aromatic nitrogens is 2. The van der Waals surface area contributed by atoms with Crippen LogP contribution in [0.2, 0.25) is 0 Å². The Labute approximate surface area is 141 Å². The molecule has 6 nitrogen and oxygen atoms in total. The van der Waals surface area contributed by atoms with Gasteiger partial charge in [0.2, 0.25) is 0 Å². The average molecular weight is 328 g/mol. The average Bonchev–Trinajstić information content (AvgIpc) is 3.17. The molecular weight excluding hydrogens is 304 g/mol. The molecule has 2 aliphatic carbocycles. The zero-order chi connectivity index (χ0) is 16.7. The van der Waals surface area contributed by atoms with E-state index in [0.29, 0.717) is 23.3 Å². The molecule has 2 bridgehead atoms. The number of nitrogens with two attached hydrogens (primary N) is 1. The van der Waals surface area contributed by atoms with Gasteiger partial charge in [0.05, 0.1) is 0 Å². The summed E-state index contributed by atoms with van der Waals surface area (Å²) in [6, 6.07) is 6.03. The van der Waals surface area contributed by atoms with Crippen LogP contribution in [0, 0.1) is 18.8 Å². The van der Waals surface area contributed by atoms with E-state index < -0.39 is 0 Å². The lowest BCUT2D eigenvalue weighted by molar-refractivity contribution is 0.0751. The summed E-state index contributed by atoms with van der Waals surface area (Å²) in [6.45, 7) is 1.89. The molecule has 2 atom stereocenters. The second-order valence-electron chi connectivity index (χ2n) is 7.26. The van der Waals surface area contributed by atoms with Gasteiger partial charge in [-0.25, -0.2) is 0 Å². The summed E-state index contributed by atoms with van der Waals surface area (Å²) < 4.78 is 5.57. The Morgan fingerprint density at radius 2 is 2.08 bits per heavy atom. The van der Waals surface area contributed by atoms with Gasteiger partial charge < -0.3 is 15.5 Å². The fourth-order valence-electron chi connectivity index (χ4n) is 4.39. The van der Waals surface area contributed by atoms with E-state index in [9.17, 15) is 4.79 Å². The number of H-pyrrole nitrogens is 1. The molecule has 2 unspecified atom stereocenters. The van der Waals surface area contributed by atoms with Crippen LogP contribution in [0.1, 0.15) is 48.4 Å². The first-order chi connectivity index (χ1) is 11.6. The summed E-state index contributed by atoms with van der Waals surface area (Å²) in [6.07, 6.45) is 5.59. The van der Waals surface area contributed by atoms with E-state index in [4.69, 9.17) is 10.2 Å². The van der Waals surface area contributed by atoms with Gasteiger partial charge >= 0.3 is 0 Å². The number of carbonyl (C=O) groups is 1. The predicted octanol–water partition coefficient (Wildman–Crippen LogP) is 2.61. The highest BCUT2D eigenvalue weighted by atomic mass is 16.3. The molecule has 2 aromatic rings. The van der Waals surface area contributed by atoms with Crippen molar-refractivity contribution in [2.24, 2.45) is 17.6 Å². The topological polar surface area (TPSA) is 96.9 Å². The molecule has 2 heterocycles. The Kier molecular flexibility index (Phi) is 3.92. The van der Waals surface area contributed by atoms with E-state index >= 15 is 0 Å². The highest BCUT2D eigenvalue weighted by Crippen LogP contribution is 2.39. The summed E-state index contributed by atoms with van der Waals surface area (Å²) >= 11 is 0. The fraction of sp³-hybridized carbons (Fsp3) is 0.556. The molecule has 4 N–H and O–H groups in total. The monoisotopic (exact) mass is 328 g/mol. The van der Waals surface area contributed by atoms with Gasteiger partial charge in [0, 0.05) is 18.2 Å². The summed E-state index contributed by atoms with van der Waals surface area (Å²) in [5.74, 6) is 2.42. The second kappa shape index (κ2) is 6.09. The Bertz CT molecular complexity index is 721. The minimum absolute atomic E-state index is 0.113. The van der Waals surface area contributed by atoms with Crippen molar-refractivity contribution in [2.45, 2.75) is 51.1 Å². The van der Waals surface area contributed by atoms with Crippen molar-refractivity contribution in [3.8, 4) is 11.5 Å². The second-order valence-corrected chi connectivity index (χ2v) is 7.26. The van der Waals surface area contributed by atoms with Gasteiger partial charge in [-0.1, -0.05) is 6.42 Å². The largest absolute Gasteiger partial charge is 0.460 e. The first-order valence-corrected chi connectivity index (χ1v) is 8.79. The van der Waals surface area contributed by atoms with Crippen LogP contribution >= 0.6 is 0 Å². The maximum Gasteiger partial charge on any atom is 0.272 e. The van der Waals surface area contributed by atoms with Crippen LogP contribution in [0.25, 0.3) is 11.5 Å². The third kappa shape index (κ3) is 2.86. The normalized spacial score (nSPS) is 29.4. The number of nitrogens with zero attached hydrogens (tertiary/aromatic N) is 1. The van der Waals surface area contributed by atoms with Gasteiger partial charge in [-0.3, -0.25) is 9.89 Å². The van der Waals surface area contributed by atoms with Crippen molar-refractivity contribution in [1.29, 1.82) is 0 Å². The number of carbonyl (C=O) groups excluding carboxylic acids is 1. The van der Waals surface area contributed by atoms with Crippen molar-refractivity contribution in [1.82, 2.24) is 15.5 Å². The number of rotatable bonds is 3. The molecule has 2 saturated carbocycles. The highest BCUT2D eigenvalue weighted by molar-refractivity contribution is 5.93. The standard InChI is InChI=1S/C18H24N4O2/c1-10-5-6-16(24-10)14-9-15(22-21-14)18(23)20-17-11-3-2-4-12(17)8-13(19)7-11/h5-6,9,11-13,17H,2-4,7-8,19H2,1H3,(H,20,23)(H,21,22). The van der Waals surface area contributed by atoms with E-state index in [1.807, 2.05) is 19.1 Å². The lowest BCUT2D eigenvalue weighted by Crippen LogP contribution is -2.53. The fourth-order valence-corrected chi connectivity index (χ4v) is 4.39. The predicted molar refractivity (Wildman–Crippen MR) is 90.3 cm³/mol. The molecule has 0 saturated heterocycles. The minimum Gasteiger partial charge on any atom is -0.460 e.